The Bertz CT molecular complexity index is 118. The summed E-state index contributed by atoms with van der Waals surface area (Å²) in [7, 11) is 4.18. The fraction of sp³-hybridized carbons (Fsp3) is 1.00. The molecule has 0 spiro atoms. The zero-order valence-electron chi connectivity index (χ0n) is 6.32. The van der Waals surface area contributed by atoms with Crippen LogP contribution in [0.2, 0.25) is 0 Å². The Morgan fingerprint density at radius 3 is 2.73 bits per heavy atom. The highest BCUT2D eigenvalue weighted by Gasteiger charge is 2.24. The largest absolute Gasteiger partial charge is 0.160 e. The van der Waals surface area contributed by atoms with E-state index in [-0.39, 0.29) is 0 Å². The van der Waals surface area contributed by atoms with Crippen molar-refractivity contribution in [2.45, 2.75) is 22.7 Å². The van der Waals surface area contributed by atoms with Gasteiger partial charge in [0.1, 0.15) is 0 Å². The Hall–Kier alpha value is 1.40. The van der Waals surface area contributed by atoms with Gasteiger partial charge in [0, 0.05) is 22.5 Å². The Balaban J connectivity index is 1.67. The molecule has 11 heavy (non-hydrogen) atoms. The smallest absolute Gasteiger partial charge is 0.0609 e. The van der Waals surface area contributed by atoms with Crippen molar-refractivity contribution in [3.63, 3.8) is 0 Å². The molecule has 1 unspecified atom stereocenters. The Labute approximate surface area is 84.8 Å². The molecule has 0 aromatic carbocycles. The molecule has 2 heterocycles. The summed E-state index contributed by atoms with van der Waals surface area (Å²) in [5.74, 6) is 4.19. The van der Waals surface area contributed by atoms with Gasteiger partial charge < -0.3 is 0 Å². The zero-order chi connectivity index (χ0) is 7.52. The van der Waals surface area contributed by atoms with Gasteiger partial charge in [-0.1, -0.05) is 21.6 Å². The monoisotopic (exact) mass is 224 g/mol. The molecule has 0 amide bonds. The summed E-state index contributed by atoms with van der Waals surface area (Å²) in [6.45, 7) is 0. The zero-order valence-corrected chi connectivity index (χ0v) is 9.59. The lowest BCUT2D eigenvalue weighted by Gasteiger charge is -2.29. The fourth-order valence-electron chi connectivity index (χ4n) is 1.08. The van der Waals surface area contributed by atoms with E-state index in [0.29, 0.717) is 0 Å². The van der Waals surface area contributed by atoms with Gasteiger partial charge >= 0.3 is 0 Å². The van der Waals surface area contributed by atoms with Gasteiger partial charge in [0.25, 0.3) is 0 Å². The average Bonchev–Trinajstić information content (AvgIpc) is 1.99. The van der Waals surface area contributed by atoms with Crippen molar-refractivity contribution in [3.05, 3.63) is 0 Å². The summed E-state index contributed by atoms with van der Waals surface area (Å²) >= 11 is 4.33. The summed E-state index contributed by atoms with van der Waals surface area (Å²) < 4.78 is 0.916. The van der Waals surface area contributed by atoms with E-state index in [9.17, 15) is 0 Å². The van der Waals surface area contributed by atoms with E-state index in [4.69, 9.17) is 0 Å². The van der Waals surface area contributed by atoms with Gasteiger partial charge in [-0.05, 0) is 12.8 Å². The Kier molecular flexibility index (Phi) is 3.74. The van der Waals surface area contributed by atoms with Gasteiger partial charge in [-0.25, -0.2) is 0 Å². The van der Waals surface area contributed by atoms with Gasteiger partial charge in [0.2, 0.25) is 0 Å². The maximum Gasteiger partial charge on any atom is 0.0609 e. The van der Waals surface area contributed by atoms with Crippen LogP contribution in [0.4, 0.5) is 0 Å². The standard InChI is InChI=1S/C7H12S4/c1-2-7(11-9-3-1)10-6-4-8-5-6/h6-7H,1-5H2. The molecule has 1 atom stereocenters. The molecular weight excluding hydrogens is 212 g/mol. The Morgan fingerprint density at radius 2 is 2.18 bits per heavy atom. The van der Waals surface area contributed by atoms with Crippen LogP contribution in [-0.4, -0.2) is 27.1 Å². The molecule has 2 aliphatic rings. The molecule has 0 aliphatic carbocycles. The molecule has 0 nitrogen and oxygen atoms in total. The van der Waals surface area contributed by atoms with Crippen LogP contribution in [0.3, 0.4) is 0 Å². The first-order valence-corrected chi connectivity index (χ1v) is 8.44. The molecule has 0 saturated carbocycles. The van der Waals surface area contributed by atoms with Crippen LogP contribution < -0.4 is 0 Å². The van der Waals surface area contributed by atoms with E-state index in [1.165, 1.54) is 30.1 Å². The number of hydrogen-bond donors (Lipinski definition) is 0. The predicted molar refractivity (Wildman–Crippen MR) is 61.8 cm³/mol. The minimum Gasteiger partial charge on any atom is -0.160 e. The maximum atomic E-state index is 2.23. The molecule has 0 bridgehead atoms. The third-order valence-electron chi connectivity index (χ3n) is 1.79. The van der Waals surface area contributed by atoms with Crippen molar-refractivity contribution in [1.82, 2.24) is 0 Å². The fourth-order valence-corrected chi connectivity index (χ4v) is 7.19. The summed E-state index contributed by atoms with van der Waals surface area (Å²) in [5, 5.41) is 0.996. The summed E-state index contributed by atoms with van der Waals surface area (Å²) in [6.07, 6.45) is 2.89. The third kappa shape index (κ3) is 2.68. The van der Waals surface area contributed by atoms with E-state index in [1.54, 1.807) is 0 Å². The molecule has 0 radical (unpaired) electrons. The van der Waals surface area contributed by atoms with Crippen LogP contribution in [0.25, 0.3) is 0 Å². The molecule has 0 aromatic heterocycles. The van der Waals surface area contributed by atoms with Crippen molar-refractivity contribution in [2.24, 2.45) is 0 Å². The molecule has 0 N–H and O–H groups in total. The van der Waals surface area contributed by atoms with Crippen LogP contribution in [-0.2, 0) is 0 Å². The number of thioether (sulfide) groups is 2. The molecule has 2 fully saturated rings. The maximum absolute atomic E-state index is 2.23. The molecule has 4 heteroatoms. The van der Waals surface area contributed by atoms with E-state index >= 15 is 0 Å². The normalized spacial score (nSPS) is 33.3. The van der Waals surface area contributed by atoms with Crippen LogP contribution in [0, 0.1) is 0 Å². The number of rotatable bonds is 2. The second kappa shape index (κ2) is 4.58. The topological polar surface area (TPSA) is 0 Å². The second-order valence-electron chi connectivity index (χ2n) is 2.79. The van der Waals surface area contributed by atoms with E-state index in [2.05, 4.69) is 45.1 Å². The average molecular weight is 224 g/mol. The minimum atomic E-state index is 0.916. The summed E-state index contributed by atoms with van der Waals surface area (Å²) in [4.78, 5) is 0. The molecular formula is C7H12S4. The predicted octanol–water partition coefficient (Wildman–Crippen LogP) is 3.34. The lowest BCUT2D eigenvalue weighted by Crippen LogP contribution is -2.23. The SMILES string of the molecule is C1CSSC(SC2CSC2)C1. The highest BCUT2D eigenvalue weighted by molar-refractivity contribution is 8.78. The van der Waals surface area contributed by atoms with Crippen LogP contribution in [0.15, 0.2) is 0 Å². The van der Waals surface area contributed by atoms with E-state index < -0.39 is 0 Å². The highest BCUT2D eigenvalue weighted by Crippen LogP contribution is 2.45. The van der Waals surface area contributed by atoms with Gasteiger partial charge in [0.05, 0.1) is 4.58 Å². The van der Waals surface area contributed by atoms with Gasteiger partial charge in [-0.3, -0.25) is 0 Å². The lowest BCUT2D eigenvalue weighted by atomic mass is 10.4. The van der Waals surface area contributed by atoms with E-state index in [0.717, 1.165) is 9.83 Å². The lowest BCUT2D eigenvalue weighted by molar-refractivity contribution is 0.873. The van der Waals surface area contributed by atoms with Crippen molar-refractivity contribution >= 4 is 45.1 Å². The van der Waals surface area contributed by atoms with Crippen molar-refractivity contribution in [3.8, 4) is 0 Å². The first kappa shape index (κ1) is 8.97. The third-order valence-corrected chi connectivity index (χ3v) is 8.38. The van der Waals surface area contributed by atoms with Gasteiger partial charge in [-0.15, -0.1) is 11.8 Å². The van der Waals surface area contributed by atoms with Gasteiger partial charge in [-0.2, -0.15) is 11.8 Å². The second-order valence-corrected chi connectivity index (χ2v) is 8.36. The summed E-state index contributed by atoms with van der Waals surface area (Å²) in [5.41, 5.74) is 0. The molecule has 0 aromatic rings. The van der Waals surface area contributed by atoms with Crippen LogP contribution in [0.5, 0.6) is 0 Å². The van der Waals surface area contributed by atoms with Crippen LogP contribution >= 0.6 is 45.1 Å². The minimum absolute atomic E-state index is 0.916. The van der Waals surface area contributed by atoms with Crippen LogP contribution in [0.1, 0.15) is 12.8 Å². The van der Waals surface area contributed by atoms with Crippen molar-refractivity contribution in [2.75, 3.05) is 17.3 Å². The first-order chi connectivity index (χ1) is 5.45. The molecule has 64 valence electrons. The van der Waals surface area contributed by atoms with Gasteiger partial charge in [0.15, 0.2) is 0 Å². The van der Waals surface area contributed by atoms with Crippen molar-refractivity contribution in [1.29, 1.82) is 0 Å². The summed E-state index contributed by atoms with van der Waals surface area (Å²) in [6, 6.07) is 0. The Morgan fingerprint density at radius 1 is 1.27 bits per heavy atom. The van der Waals surface area contributed by atoms with Crippen molar-refractivity contribution < 1.29 is 0 Å². The molecule has 2 aliphatic heterocycles. The quantitative estimate of drug-likeness (QED) is 0.660. The number of hydrogen-bond acceptors (Lipinski definition) is 4. The first-order valence-electron chi connectivity index (χ1n) is 3.96. The highest BCUT2D eigenvalue weighted by atomic mass is 33.1. The van der Waals surface area contributed by atoms with E-state index in [1.807, 2.05) is 0 Å². The molecule has 2 saturated heterocycles. The molecule has 2 rings (SSSR count).